The van der Waals surface area contributed by atoms with E-state index in [1.165, 1.54) is 0 Å². The molecule has 3 N–H and O–H groups in total. The van der Waals surface area contributed by atoms with Gasteiger partial charge in [0.1, 0.15) is 6.04 Å². The van der Waals surface area contributed by atoms with Gasteiger partial charge >= 0.3 is 0 Å². The third kappa shape index (κ3) is 5.08. The number of benzene rings is 2. The van der Waals surface area contributed by atoms with Gasteiger partial charge in [-0.25, -0.2) is 0 Å². The van der Waals surface area contributed by atoms with E-state index in [0.717, 1.165) is 21.2 Å². The highest BCUT2D eigenvalue weighted by Gasteiger charge is 2.16. The Balaban J connectivity index is 1.83. The second-order valence-corrected chi connectivity index (χ2v) is 6.11. The molecule has 5 heteroatoms. The van der Waals surface area contributed by atoms with Crippen LogP contribution in [0.2, 0.25) is 5.02 Å². The number of primary amides is 1. The van der Waals surface area contributed by atoms with Crippen LogP contribution < -0.4 is 11.1 Å². The summed E-state index contributed by atoms with van der Waals surface area (Å²) in [6, 6.07) is 16.8. The smallest absolute Gasteiger partial charge is 0.239 e. The van der Waals surface area contributed by atoms with Crippen molar-refractivity contribution in [3.63, 3.8) is 0 Å². The number of hydrogen-bond acceptors (Lipinski definition) is 3. The average molecular weight is 321 g/mol. The summed E-state index contributed by atoms with van der Waals surface area (Å²) in [7, 11) is 0. The molecule has 3 nitrogen and oxygen atoms in total. The Kier molecular flexibility index (Phi) is 6.11. The molecule has 1 atom stereocenters. The molecular weight excluding hydrogens is 304 g/mol. The molecule has 0 spiro atoms. The van der Waals surface area contributed by atoms with Gasteiger partial charge in [-0.1, -0.05) is 41.9 Å². The molecule has 110 valence electrons. The molecule has 0 aliphatic carbocycles. The first-order chi connectivity index (χ1) is 10.2. The highest BCUT2D eigenvalue weighted by atomic mass is 35.5. The van der Waals surface area contributed by atoms with Crippen molar-refractivity contribution in [2.24, 2.45) is 5.73 Å². The van der Waals surface area contributed by atoms with Crippen LogP contribution in [0.15, 0.2) is 59.5 Å². The Morgan fingerprint density at radius 3 is 2.43 bits per heavy atom. The Bertz CT molecular complexity index is 575. The Labute approximate surface area is 133 Å². The fraction of sp³-hybridized carbons (Fsp3) is 0.188. The van der Waals surface area contributed by atoms with Gasteiger partial charge in [0.25, 0.3) is 0 Å². The molecule has 0 aliphatic rings. The molecule has 0 radical (unpaired) electrons. The topological polar surface area (TPSA) is 55.1 Å². The number of thioether (sulfide) groups is 1. The van der Waals surface area contributed by atoms with Crippen LogP contribution in [0.25, 0.3) is 0 Å². The number of halogens is 1. The van der Waals surface area contributed by atoms with Crippen LogP contribution in [0.1, 0.15) is 11.6 Å². The fourth-order valence-electron chi connectivity index (χ4n) is 1.93. The van der Waals surface area contributed by atoms with E-state index in [1.807, 2.05) is 54.6 Å². The number of carbonyl (C=O) groups excluding carboxylic acids is 1. The molecule has 0 saturated carbocycles. The van der Waals surface area contributed by atoms with Crippen LogP contribution in [0.3, 0.4) is 0 Å². The van der Waals surface area contributed by atoms with Crippen molar-refractivity contribution in [3.8, 4) is 0 Å². The van der Waals surface area contributed by atoms with Crippen LogP contribution in [0, 0.1) is 0 Å². The molecule has 2 aromatic rings. The monoisotopic (exact) mass is 320 g/mol. The van der Waals surface area contributed by atoms with Gasteiger partial charge in [0.05, 0.1) is 0 Å². The minimum absolute atomic E-state index is 0.363. The quantitative estimate of drug-likeness (QED) is 0.608. The van der Waals surface area contributed by atoms with E-state index in [9.17, 15) is 4.79 Å². The largest absolute Gasteiger partial charge is 0.368 e. The van der Waals surface area contributed by atoms with Crippen molar-refractivity contribution in [3.05, 3.63) is 65.2 Å². The third-order valence-corrected chi connectivity index (χ3v) is 4.22. The van der Waals surface area contributed by atoms with Gasteiger partial charge in [-0.05, 0) is 29.8 Å². The van der Waals surface area contributed by atoms with Crippen molar-refractivity contribution in [1.29, 1.82) is 0 Å². The standard InChI is InChI=1S/C16H17ClN2OS/c17-13-6-8-14(9-7-13)21-11-10-19-15(16(18)20)12-4-2-1-3-5-12/h1-9,15,19H,10-11H2,(H2,18,20)/t15-/m0/s1. The zero-order chi connectivity index (χ0) is 15.1. The van der Waals surface area contributed by atoms with Crippen molar-refractivity contribution in [2.45, 2.75) is 10.9 Å². The molecule has 0 aromatic heterocycles. The SMILES string of the molecule is NC(=O)[C@@H](NCCSc1ccc(Cl)cc1)c1ccccc1. The highest BCUT2D eigenvalue weighted by Crippen LogP contribution is 2.20. The summed E-state index contributed by atoms with van der Waals surface area (Å²) in [5.74, 6) is 0.482. The second kappa shape index (κ2) is 8.08. The lowest BCUT2D eigenvalue weighted by molar-refractivity contribution is -0.120. The van der Waals surface area contributed by atoms with Crippen molar-refractivity contribution in [2.75, 3.05) is 12.3 Å². The maximum Gasteiger partial charge on any atom is 0.239 e. The summed E-state index contributed by atoms with van der Waals surface area (Å²) in [5, 5.41) is 3.93. The minimum atomic E-state index is -0.447. The lowest BCUT2D eigenvalue weighted by Gasteiger charge is -2.15. The Hall–Kier alpha value is -1.49. The Morgan fingerprint density at radius 1 is 1.14 bits per heavy atom. The van der Waals surface area contributed by atoms with E-state index in [-0.39, 0.29) is 5.91 Å². The van der Waals surface area contributed by atoms with Gasteiger partial charge in [0, 0.05) is 22.2 Å². The van der Waals surface area contributed by atoms with E-state index in [0.29, 0.717) is 6.54 Å². The van der Waals surface area contributed by atoms with Crippen LogP contribution in [-0.4, -0.2) is 18.2 Å². The number of rotatable bonds is 7. The normalized spacial score (nSPS) is 12.0. The highest BCUT2D eigenvalue weighted by molar-refractivity contribution is 7.99. The Morgan fingerprint density at radius 2 is 1.81 bits per heavy atom. The minimum Gasteiger partial charge on any atom is -0.368 e. The third-order valence-electron chi connectivity index (χ3n) is 2.95. The van der Waals surface area contributed by atoms with Crippen molar-refractivity contribution < 1.29 is 4.79 Å². The number of nitrogens with one attached hydrogen (secondary N) is 1. The van der Waals surface area contributed by atoms with Gasteiger partial charge in [-0.15, -0.1) is 11.8 Å². The molecule has 0 saturated heterocycles. The summed E-state index contributed by atoms with van der Waals surface area (Å²) in [4.78, 5) is 12.7. The van der Waals surface area contributed by atoms with Gasteiger partial charge in [0.2, 0.25) is 5.91 Å². The van der Waals surface area contributed by atoms with E-state index < -0.39 is 6.04 Å². The first kappa shape index (κ1) is 15.9. The first-order valence-electron chi connectivity index (χ1n) is 6.63. The molecule has 2 rings (SSSR count). The maximum absolute atomic E-state index is 11.5. The van der Waals surface area contributed by atoms with Gasteiger partial charge in [-0.3, -0.25) is 4.79 Å². The second-order valence-electron chi connectivity index (χ2n) is 4.50. The number of hydrogen-bond donors (Lipinski definition) is 2. The van der Waals surface area contributed by atoms with Crippen LogP contribution in [-0.2, 0) is 4.79 Å². The van der Waals surface area contributed by atoms with E-state index in [2.05, 4.69) is 5.32 Å². The molecule has 1 amide bonds. The van der Waals surface area contributed by atoms with Crippen LogP contribution in [0.4, 0.5) is 0 Å². The van der Waals surface area contributed by atoms with Gasteiger partial charge < -0.3 is 11.1 Å². The summed E-state index contributed by atoms with van der Waals surface area (Å²) < 4.78 is 0. The molecule has 0 bridgehead atoms. The molecular formula is C16H17ClN2OS. The summed E-state index contributed by atoms with van der Waals surface area (Å²) in [6.45, 7) is 0.690. The zero-order valence-electron chi connectivity index (χ0n) is 11.5. The summed E-state index contributed by atoms with van der Waals surface area (Å²) >= 11 is 7.55. The lowest BCUT2D eigenvalue weighted by Crippen LogP contribution is -2.34. The fourth-order valence-corrected chi connectivity index (χ4v) is 2.84. The van der Waals surface area contributed by atoms with Gasteiger partial charge in [0.15, 0.2) is 0 Å². The first-order valence-corrected chi connectivity index (χ1v) is 7.99. The predicted molar refractivity (Wildman–Crippen MR) is 88.6 cm³/mol. The average Bonchev–Trinajstić information content (AvgIpc) is 2.49. The number of amides is 1. The van der Waals surface area contributed by atoms with Crippen molar-refractivity contribution in [1.82, 2.24) is 5.32 Å². The van der Waals surface area contributed by atoms with Crippen LogP contribution in [0.5, 0.6) is 0 Å². The molecule has 0 fully saturated rings. The molecule has 0 aliphatic heterocycles. The molecule has 2 aromatic carbocycles. The van der Waals surface area contributed by atoms with Crippen molar-refractivity contribution >= 4 is 29.3 Å². The number of carbonyl (C=O) groups is 1. The van der Waals surface area contributed by atoms with E-state index >= 15 is 0 Å². The maximum atomic E-state index is 11.5. The van der Waals surface area contributed by atoms with Gasteiger partial charge in [-0.2, -0.15) is 0 Å². The zero-order valence-corrected chi connectivity index (χ0v) is 13.0. The number of nitrogens with two attached hydrogens (primary N) is 1. The summed E-state index contributed by atoms with van der Waals surface area (Å²) in [5.41, 5.74) is 6.35. The van der Waals surface area contributed by atoms with Crippen LogP contribution >= 0.6 is 23.4 Å². The lowest BCUT2D eigenvalue weighted by atomic mass is 10.1. The molecule has 0 unspecified atom stereocenters. The molecule has 21 heavy (non-hydrogen) atoms. The van der Waals surface area contributed by atoms with E-state index in [1.54, 1.807) is 11.8 Å². The summed E-state index contributed by atoms with van der Waals surface area (Å²) in [6.07, 6.45) is 0. The molecule has 0 heterocycles. The predicted octanol–water partition coefficient (Wildman–Crippen LogP) is 3.25. The van der Waals surface area contributed by atoms with E-state index in [4.69, 9.17) is 17.3 Å².